The monoisotopic (exact) mass is 538 g/mol. The fourth-order valence-electron chi connectivity index (χ4n) is 3.91. The van der Waals surface area contributed by atoms with Gasteiger partial charge in [-0.1, -0.05) is 11.6 Å². The maximum Gasteiger partial charge on any atom is 0.420 e. The zero-order chi connectivity index (χ0) is 27.3. The number of benzene rings is 1. The minimum absolute atomic E-state index is 0.00108. The second kappa shape index (κ2) is 8.99. The fourth-order valence-corrected chi connectivity index (χ4v) is 4.08. The number of β-amino-alcohol motifs (C(OH)–C–C–N with tert-alkyl or cyclic N) is 1. The summed E-state index contributed by atoms with van der Waals surface area (Å²) in [7, 11) is 0. The van der Waals surface area contributed by atoms with Crippen LogP contribution in [0.4, 0.5) is 27.8 Å². The summed E-state index contributed by atoms with van der Waals surface area (Å²) in [6.07, 6.45) is -2.82. The van der Waals surface area contributed by atoms with Gasteiger partial charge in [-0.25, -0.2) is 18.1 Å². The molecule has 0 atom stereocenters. The number of nitrogens with zero attached hydrogens (tertiary/aromatic N) is 6. The third-order valence-electron chi connectivity index (χ3n) is 5.67. The van der Waals surface area contributed by atoms with Crippen LogP contribution in [-0.4, -0.2) is 44.1 Å². The second-order valence-corrected chi connectivity index (χ2v) is 8.48. The lowest BCUT2D eigenvalue weighted by Crippen LogP contribution is -2.70. The summed E-state index contributed by atoms with van der Waals surface area (Å²) in [6, 6.07) is 5.52. The van der Waals surface area contributed by atoms with E-state index in [0.717, 1.165) is 23.2 Å². The Morgan fingerprint density at radius 1 is 1.14 bits per heavy atom. The van der Waals surface area contributed by atoms with Crippen LogP contribution >= 0.6 is 11.6 Å². The van der Waals surface area contributed by atoms with Gasteiger partial charge in [-0.05, 0) is 23.8 Å². The smallest absolute Gasteiger partial charge is 0.378 e. The summed E-state index contributed by atoms with van der Waals surface area (Å²) in [5, 5.41) is 28.5. The van der Waals surface area contributed by atoms with Crippen LogP contribution in [0.1, 0.15) is 5.56 Å². The molecule has 0 unspecified atom stereocenters. The Bertz CT molecular complexity index is 1630. The number of alkyl halides is 3. The molecule has 1 saturated heterocycles. The first kappa shape index (κ1) is 25.8. The molecule has 3 heterocycles. The molecule has 0 amide bonds. The number of aliphatic hydroxyl groups is 1. The van der Waals surface area contributed by atoms with Crippen molar-refractivity contribution >= 4 is 17.4 Å². The fraction of sp³-hybridized carbons (Fsp3) is 0.227. The summed E-state index contributed by atoms with van der Waals surface area (Å²) >= 11 is 5.91. The molecule has 0 saturated carbocycles. The maximum atomic E-state index is 14.4. The largest absolute Gasteiger partial charge is 0.420 e. The molecular formula is C22H12ClF5N6O3. The minimum Gasteiger partial charge on any atom is -0.378 e. The van der Waals surface area contributed by atoms with Crippen molar-refractivity contribution in [3.63, 3.8) is 0 Å². The van der Waals surface area contributed by atoms with E-state index in [1.54, 1.807) is 6.07 Å². The summed E-state index contributed by atoms with van der Waals surface area (Å²) in [5.74, 6) is -3.65. The van der Waals surface area contributed by atoms with Crippen LogP contribution in [0.3, 0.4) is 0 Å². The molecule has 37 heavy (non-hydrogen) atoms. The molecule has 0 spiro atoms. The van der Waals surface area contributed by atoms with Gasteiger partial charge in [0.2, 0.25) is 0 Å². The highest BCUT2D eigenvalue weighted by molar-refractivity contribution is 6.30. The van der Waals surface area contributed by atoms with E-state index in [4.69, 9.17) is 11.6 Å². The van der Waals surface area contributed by atoms with Gasteiger partial charge in [0.1, 0.15) is 18.4 Å². The van der Waals surface area contributed by atoms with Crippen molar-refractivity contribution in [2.24, 2.45) is 0 Å². The SMILES string of the molecule is N#CCn1c(N2CC(O)(C(F)(F)F)C2)c(-c2cc(F)c(F)c(C#N)c2)c(=O)n(-c2cncc(Cl)c2)c1=O. The Hall–Kier alpha value is -4.27. The van der Waals surface area contributed by atoms with Gasteiger partial charge in [-0.15, -0.1) is 0 Å². The molecule has 9 nitrogen and oxygen atoms in total. The number of anilines is 1. The van der Waals surface area contributed by atoms with Crippen molar-refractivity contribution in [1.29, 1.82) is 10.5 Å². The minimum atomic E-state index is -5.07. The maximum absolute atomic E-state index is 14.4. The number of pyridine rings is 1. The Balaban J connectivity index is 2.11. The zero-order valence-electron chi connectivity index (χ0n) is 18.2. The van der Waals surface area contributed by atoms with E-state index in [1.165, 1.54) is 12.3 Å². The first-order valence-electron chi connectivity index (χ1n) is 10.1. The molecule has 0 aliphatic carbocycles. The molecule has 1 fully saturated rings. The van der Waals surface area contributed by atoms with Gasteiger partial charge in [-0.2, -0.15) is 23.7 Å². The molecule has 3 aromatic rings. The average Bonchev–Trinajstić information content (AvgIpc) is 2.80. The highest BCUT2D eigenvalue weighted by atomic mass is 35.5. The van der Waals surface area contributed by atoms with Crippen molar-refractivity contribution in [3.05, 3.63) is 73.7 Å². The summed E-state index contributed by atoms with van der Waals surface area (Å²) in [6.45, 7) is -3.05. The molecule has 2 aromatic heterocycles. The first-order chi connectivity index (χ1) is 17.3. The molecule has 0 radical (unpaired) electrons. The van der Waals surface area contributed by atoms with E-state index in [2.05, 4.69) is 4.98 Å². The highest BCUT2D eigenvalue weighted by Gasteiger charge is 2.61. The number of rotatable bonds is 4. The van der Waals surface area contributed by atoms with E-state index >= 15 is 0 Å². The Morgan fingerprint density at radius 3 is 2.38 bits per heavy atom. The van der Waals surface area contributed by atoms with E-state index in [9.17, 15) is 47.2 Å². The zero-order valence-corrected chi connectivity index (χ0v) is 19.0. The molecule has 0 bridgehead atoms. The van der Waals surface area contributed by atoms with Crippen molar-refractivity contribution < 1.29 is 27.1 Å². The third-order valence-corrected chi connectivity index (χ3v) is 5.87. The van der Waals surface area contributed by atoms with Gasteiger partial charge >= 0.3 is 11.9 Å². The van der Waals surface area contributed by atoms with Crippen molar-refractivity contribution in [1.82, 2.24) is 14.1 Å². The molecule has 190 valence electrons. The topological polar surface area (TPSA) is 128 Å². The second-order valence-electron chi connectivity index (χ2n) is 8.04. The molecule has 1 aliphatic heterocycles. The standard InChI is InChI=1S/C22H12ClF5N6O3/c23-13-5-14(8-31-7-13)34-19(35)16(11-3-12(6-30)17(25)15(24)4-11)18(33(2-1-29)20(34)36)32-9-21(37,10-32)22(26,27)28/h3-5,7-8,37H,2,9-10H2. The molecule has 1 aliphatic rings. The molecular weight excluding hydrogens is 527 g/mol. The van der Waals surface area contributed by atoms with Crippen LogP contribution in [0.2, 0.25) is 5.02 Å². The normalized spacial score (nSPS) is 14.6. The van der Waals surface area contributed by atoms with Crippen LogP contribution in [0.15, 0.2) is 40.2 Å². The number of hydrogen-bond donors (Lipinski definition) is 1. The summed E-state index contributed by atoms with van der Waals surface area (Å²) in [4.78, 5) is 31.6. The van der Waals surface area contributed by atoms with Gasteiger partial charge < -0.3 is 10.0 Å². The predicted molar refractivity (Wildman–Crippen MR) is 118 cm³/mol. The molecule has 1 N–H and O–H groups in total. The van der Waals surface area contributed by atoms with Gasteiger partial charge in [0.05, 0.1) is 47.2 Å². The Kier molecular flexibility index (Phi) is 6.27. The Labute approximate surface area is 208 Å². The highest BCUT2D eigenvalue weighted by Crippen LogP contribution is 2.42. The van der Waals surface area contributed by atoms with Crippen LogP contribution in [0.5, 0.6) is 0 Å². The average molecular weight is 539 g/mol. The van der Waals surface area contributed by atoms with Crippen LogP contribution in [-0.2, 0) is 6.54 Å². The lowest BCUT2D eigenvalue weighted by molar-refractivity contribution is -0.267. The van der Waals surface area contributed by atoms with E-state index in [0.29, 0.717) is 15.2 Å². The lowest BCUT2D eigenvalue weighted by atomic mass is 9.92. The summed E-state index contributed by atoms with van der Waals surface area (Å²) < 4.78 is 69.5. The van der Waals surface area contributed by atoms with Crippen molar-refractivity contribution in [3.8, 4) is 29.0 Å². The van der Waals surface area contributed by atoms with Crippen LogP contribution in [0, 0.1) is 34.3 Å². The predicted octanol–water partition coefficient (Wildman–Crippen LogP) is 2.50. The first-order valence-corrected chi connectivity index (χ1v) is 10.5. The Morgan fingerprint density at radius 2 is 1.81 bits per heavy atom. The van der Waals surface area contributed by atoms with Crippen LogP contribution in [0.25, 0.3) is 16.8 Å². The number of nitriles is 2. The lowest BCUT2D eigenvalue weighted by Gasteiger charge is -2.48. The van der Waals surface area contributed by atoms with Crippen molar-refractivity contribution in [2.75, 3.05) is 18.0 Å². The number of aromatic nitrogens is 3. The van der Waals surface area contributed by atoms with Gasteiger partial charge in [0.15, 0.2) is 17.2 Å². The summed E-state index contributed by atoms with van der Waals surface area (Å²) in [5.41, 5.74) is -7.71. The van der Waals surface area contributed by atoms with E-state index in [-0.39, 0.29) is 10.7 Å². The number of hydrogen-bond acceptors (Lipinski definition) is 7. The third kappa shape index (κ3) is 4.20. The van der Waals surface area contributed by atoms with Crippen molar-refractivity contribution in [2.45, 2.75) is 18.3 Å². The molecule has 15 heteroatoms. The number of halogens is 6. The van der Waals surface area contributed by atoms with Crippen LogP contribution < -0.4 is 16.1 Å². The molecule has 4 rings (SSSR count). The van der Waals surface area contributed by atoms with E-state index in [1.807, 2.05) is 0 Å². The molecule has 1 aromatic carbocycles. The quantitative estimate of drug-likeness (QED) is 0.505. The van der Waals surface area contributed by atoms with Gasteiger partial charge in [0, 0.05) is 6.20 Å². The van der Waals surface area contributed by atoms with E-state index < -0.39 is 76.8 Å². The van der Waals surface area contributed by atoms with Gasteiger partial charge in [-0.3, -0.25) is 14.3 Å². The van der Waals surface area contributed by atoms with Gasteiger partial charge in [0.25, 0.3) is 5.56 Å².